The largest absolute Gasteiger partial charge is 0.467 e. The van der Waals surface area contributed by atoms with Crippen molar-refractivity contribution in [3.8, 4) is 0 Å². The average molecular weight is 543 g/mol. The van der Waals surface area contributed by atoms with Crippen LogP contribution in [0.25, 0.3) is 0 Å². The maximum absolute atomic E-state index is 13.0. The van der Waals surface area contributed by atoms with Crippen LogP contribution in [0.4, 0.5) is 0 Å². The number of aromatic amines is 1. The zero-order valence-corrected chi connectivity index (χ0v) is 25.6. The van der Waals surface area contributed by atoms with Gasteiger partial charge < -0.3 is 23.1 Å². The molecule has 0 amide bonds. The number of hydrogen-bond acceptors (Lipinski definition) is 8. The molecule has 2 aliphatic rings. The summed E-state index contributed by atoms with van der Waals surface area (Å²) in [5.74, 6) is -0.558. The number of carbonyl (C=O) groups excluding carboxylic acids is 1. The van der Waals surface area contributed by atoms with Gasteiger partial charge in [-0.05, 0) is 43.2 Å². The number of carbonyl (C=O) groups is 1. The fourth-order valence-corrected chi connectivity index (χ4v) is 6.18. The molecule has 3 rings (SSSR count). The van der Waals surface area contributed by atoms with Gasteiger partial charge in [-0.1, -0.05) is 41.5 Å². The smallest absolute Gasteiger partial charge is 0.338 e. The first-order valence-electron chi connectivity index (χ1n) is 12.3. The van der Waals surface area contributed by atoms with E-state index in [1.807, 2.05) is 0 Å². The third-order valence-corrected chi connectivity index (χ3v) is 17.2. The van der Waals surface area contributed by atoms with E-state index in [2.05, 4.69) is 72.7 Å². The van der Waals surface area contributed by atoms with E-state index in [4.69, 9.17) is 23.1 Å². The van der Waals surface area contributed by atoms with Gasteiger partial charge in [0.25, 0.3) is 5.56 Å². The Balaban J connectivity index is 2.20. The standard InChI is InChI=1S/C24H42N2O8Si2/c1-14-13-26(21(29)25-17(14)27)18-15(33-35(9,10)22(2,3)4)24(16(32-24)19(28)30-8)20(31-18)34-36(11,12)23(5,6)7/h13,15-16,18,20H,1-12H3,(H,25,27,29)/t15-,16-,18+,20+,24-/m0/s1. The highest BCUT2D eigenvalue weighted by molar-refractivity contribution is 6.74. The van der Waals surface area contributed by atoms with Gasteiger partial charge in [0.2, 0.25) is 0 Å². The van der Waals surface area contributed by atoms with Crippen LogP contribution in [0.3, 0.4) is 0 Å². The van der Waals surface area contributed by atoms with Crippen molar-refractivity contribution in [2.75, 3.05) is 7.11 Å². The molecule has 1 N–H and O–H groups in total. The molecule has 36 heavy (non-hydrogen) atoms. The first kappa shape index (κ1) is 29.0. The summed E-state index contributed by atoms with van der Waals surface area (Å²) in [6, 6.07) is 0. The number of methoxy groups -OCH3 is 1. The minimum atomic E-state index is -2.48. The van der Waals surface area contributed by atoms with E-state index >= 15 is 0 Å². The van der Waals surface area contributed by atoms with Gasteiger partial charge in [0, 0.05) is 11.8 Å². The van der Waals surface area contributed by atoms with E-state index in [9.17, 15) is 14.4 Å². The molecule has 1 aromatic rings. The molecule has 2 saturated heterocycles. The third kappa shape index (κ3) is 4.83. The number of ether oxygens (including phenoxy) is 3. The Bertz CT molecular complexity index is 1130. The van der Waals surface area contributed by atoms with Crippen molar-refractivity contribution >= 4 is 22.6 Å². The fraction of sp³-hybridized carbons (Fsp3) is 0.792. The molecule has 5 atom stereocenters. The van der Waals surface area contributed by atoms with Crippen molar-refractivity contribution in [1.82, 2.24) is 9.55 Å². The molecule has 2 fully saturated rings. The van der Waals surface area contributed by atoms with Gasteiger partial charge in [-0.3, -0.25) is 14.3 Å². The topological polar surface area (TPSA) is 121 Å². The van der Waals surface area contributed by atoms with Crippen LogP contribution in [0.5, 0.6) is 0 Å². The van der Waals surface area contributed by atoms with E-state index in [1.165, 1.54) is 17.9 Å². The van der Waals surface area contributed by atoms with Crippen molar-refractivity contribution in [2.24, 2.45) is 0 Å². The molecule has 1 aromatic heterocycles. The summed E-state index contributed by atoms with van der Waals surface area (Å²) >= 11 is 0. The number of esters is 1. The second-order valence-corrected chi connectivity index (χ2v) is 22.4. The molecule has 2 aliphatic heterocycles. The number of aromatic nitrogens is 2. The summed E-state index contributed by atoms with van der Waals surface area (Å²) in [7, 11) is -3.61. The SMILES string of the molecule is COC(=O)[C@@H]1O[C@]12[C@@H](O[Si](C)(C)C(C)(C)C)O[C@@H](n1cc(C)c(=O)[nH]c1=O)[C@@H]2O[Si](C)(C)C(C)(C)C. The second kappa shape index (κ2) is 9.02. The number of hydrogen-bond donors (Lipinski definition) is 1. The molecular weight excluding hydrogens is 500 g/mol. The van der Waals surface area contributed by atoms with Gasteiger partial charge in [-0.25, -0.2) is 9.59 Å². The normalized spacial score (nSPS) is 29.0. The fourth-order valence-electron chi connectivity index (χ4n) is 3.76. The zero-order chi connectivity index (χ0) is 27.6. The summed E-state index contributed by atoms with van der Waals surface area (Å²) in [5, 5.41) is -0.342. The average Bonchev–Trinajstić information content (AvgIpc) is 3.40. The van der Waals surface area contributed by atoms with Crippen molar-refractivity contribution in [3.63, 3.8) is 0 Å². The van der Waals surface area contributed by atoms with Crippen molar-refractivity contribution in [3.05, 3.63) is 32.6 Å². The highest BCUT2D eigenvalue weighted by atomic mass is 28.4. The summed E-state index contributed by atoms with van der Waals surface area (Å²) in [5.41, 5.74) is -2.08. The Hall–Kier alpha value is -1.58. The van der Waals surface area contributed by atoms with Crippen LogP contribution < -0.4 is 11.2 Å². The molecule has 0 radical (unpaired) electrons. The minimum Gasteiger partial charge on any atom is -0.467 e. The van der Waals surface area contributed by atoms with Crippen molar-refractivity contribution in [1.29, 1.82) is 0 Å². The van der Waals surface area contributed by atoms with Crippen LogP contribution in [0.1, 0.15) is 53.3 Å². The summed E-state index contributed by atoms with van der Waals surface area (Å²) in [6.45, 7) is 22.5. The van der Waals surface area contributed by atoms with Crippen LogP contribution in [-0.4, -0.2) is 63.4 Å². The Morgan fingerprint density at radius 2 is 1.56 bits per heavy atom. The van der Waals surface area contributed by atoms with Crippen molar-refractivity contribution < 1.29 is 27.9 Å². The lowest BCUT2D eigenvalue weighted by molar-refractivity contribution is -0.142. The van der Waals surface area contributed by atoms with Gasteiger partial charge in [-0.15, -0.1) is 0 Å². The number of epoxide rings is 1. The molecule has 10 nitrogen and oxygen atoms in total. The van der Waals surface area contributed by atoms with Crippen molar-refractivity contribution in [2.45, 2.75) is 115 Å². The van der Waals surface area contributed by atoms with Crippen LogP contribution in [0.15, 0.2) is 15.8 Å². The molecule has 0 unspecified atom stereocenters. The van der Waals surface area contributed by atoms with Gasteiger partial charge >= 0.3 is 11.7 Å². The highest BCUT2D eigenvalue weighted by Gasteiger charge is 2.79. The first-order valence-corrected chi connectivity index (χ1v) is 18.1. The van der Waals surface area contributed by atoms with Crippen LogP contribution in [0, 0.1) is 6.92 Å². The number of nitrogens with one attached hydrogen (secondary N) is 1. The lowest BCUT2D eigenvalue weighted by Crippen LogP contribution is -2.54. The Morgan fingerprint density at radius 1 is 1.03 bits per heavy atom. The van der Waals surface area contributed by atoms with Gasteiger partial charge in [0.05, 0.1) is 7.11 Å². The van der Waals surface area contributed by atoms with Gasteiger partial charge in [0.15, 0.2) is 40.9 Å². The quantitative estimate of drug-likeness (QED) is 0.330. The third-order valence-electron chi connectivity index (χ3n) is 8.28. The first-order chi connectivity index (χ1) is 16.2. The molecule has 0 saturated carbocycles. The Morgan fingerprint density at radius 3 is 2.06 bits per heavy atom. The highest BCUT2D eigenvalue weighted by Crippen LogP contribution is 2.58. The molecule has 0 aliphatic carbocycles. The van der Waals surface area contributed by atoms with E-state index in [0.29, 0.717) is 5.56 Å². The molecule has 3 heterocycles. The van der Waals surface area contributed by atoms with Crippen LogP contribution in [-0.2, 0) is 27.9 Å². The van der Waals surface area contributed by atoms with Crippen LogP contribution >= 0.6 is 0 Å². The molecule has 0 bridgehead atoms. The van der Waals surface area contributed by atoms with Crippen LogP contribution in [0.2, 0.25) is 36.3 Å². The number of H-pyrrole nitrogens is 1. The molecular formula is C24H42N2O8Si2. The predicted molar refractivity (Wildman–Crippen MR) is 140 cm³/mol. The molecule has 0 aromatic carbocycles. The van der Waals surface area contributed by atoms with E-state index in [-0.39, 0.29) is 10.1 Å². The molecule has 204 valence electrons. The maximum atomic E-state index is 13.0. The van der Waals surface area contributed by atoms with E-state index in [0.717, 1.165) is 0 Å². The summed E-state index contributed by atoms with van der Waals surface area (Å²) < 4.78 is 32.4. The van der Waals surface area contributed by atoms with Gasteiger partial charge in [-0.2, -0.15) is 0 Å². The number of nitrogens with zero attached hydrogens (tertiary/aromatic N) is 1. The number of aryl methyl sites for hydroxylation is 1. The molecule has 12 heteroatoms. The lowest BCUT2D eigenvalue weighted by Gasteiger charge is -2.41. The summed E-state index contributed by atoms with van der Waals surface area (Å²) in [6.07, 6.45) is -2.36. The minimum absolute atomic E-state index is 0.160. The predicted octanol–water partition coefficient (Wildman–Crippen LogP) is 3.42. The zero-order valence-electron chi connectivity index (χ0n) is 23.6. The summed E-state index contributed by atoms with van der Waals surface area (Å²) in [4.78, 5) is 40.1. The second-order valence-electron chi connectivity index (χ2n) is 12.9. The van der Waals surface area contributed by atoms with E-state index < -0.39 is 64.2 Å². The lowest BCUT2D eigenvalue weighted by atomic mass is 9.98. The monoisotopic (exact) mass is 542 g/mol. The van der Waals surface area contributed by atoms with Gasteiger partial charge in [0.1, 0.15) is 6.10 Å². The van der Waals surface area contributed by atoms with E-state index in [1.54, 1.807) is 6.92 Å². The Kier molecular flexibility index (Phi) is 7.26. The number of rotatable bonds is 6. The maximum Gasteiger partial charge on any atom is 0.338 e. The molecule has 1 spiro atoms. The Labute approximate surface area is 214 Å².